The Kier molecular flexibility index (Phi) is 4.15. The molecule has 1 atom stereocenters. The number of ether oxygens (including phenoxy) is 1. The lowest BCUT2D eigenvalue weighted by Crippen LogP contribution is -2.31. The van der Waals surface area contributed by atoms with Crippen LogP contribution in [0.15, 0.2) is 12.2 Å². The molecule has 2 heteroatoms. The van der Waals surface area contributed by atoms with Gasteiger partial charge in [0.05, 0.1) is 0 Å². The predicted octanol–water partition coefficient (Wildman–Crippen LogP) is 3.57. The molecule has 0 N–H and O–H groups in total. The molecule has 2 nitrogen and oxygen atoms in total. The van der Waals surface area contributed by atoms with Crippen LogP contribution in [0, 0.1) is 10.8 Å². The molecule has 0 aliphatic rings. The van der Waals surface area contributed by atoms with E-state index in [0.29, 0.717) is 5.57 Å². The highest BCUT2D eigenvalue weighted by Crippen LogP contribution is 2.27. The Morgan fingerprint density at radius 3 is 1.80 bits per heavy atom. The summed E-state index contributed by atoms with van der Waals surface area (Å²) in [5.41, 5.74) is 0.265. The third-order valence-electron chi connectivity index (χ3n) is 2.66. The van der Waals surface area contributed by atoms with Gasteiger partial charge in [0, 0.05) is 5.57 Å². The van der Waals surface area contributed by atoms with Crippen LogP contribution in [0.5, 0.6) is 0 Å². The highest BCUT2D eigenvalue weighted by atomic mass is 16.5. The van der Waals surface area contributed by atoms with Crippen LogP contribution in [0.3, 0.4) is 0 Å². The molecule has 0 rings (SSSR count). The van der Waals surface area contributed by atoms with Crippen molar-refractivity contribution in [2.45, 2.75) is 54.6 Å². The fraction of sp³-hybridized carbons (Fsp3) is 0.769. The van der Waals surface area contributed by atoms with Crippen LogP contribution in [0.25, 0.3) is 0 Å². The Bertz CT molecular complexity index is 251. The molecule has 0 fully saturated rings. The first-order valence-corrected chi connectivity index (χ1v) is 5.36. The van der Waals surface area contributed by atoms with Gasteiger partial charge in [-0.1, -0.05) is 48.1 Å². The highest BCUT2D eigenvalue weighted by Gasteiger charge is 2.28. The fourth-order valence-corrected chi connectivity index (χ4v) is 0.715. The van der Waals surface area contributed by atoms with E-state index in [1.807, 2.05) is 48.5 Å². The standard InChI is InChI=1S/C13H24O2/c1-9(12(3,4)5)11(14)15-10(2)13(6,7)8/h10H,1H2,2-8H3. The number of carbonyl (C=O) groups is 1. The Balaban J connectivity index is 4.47. The SMILES string of the molecule is C=C(C(=O)OC(C)C(C)(C)C)C(C)(C)C. The number of carbonyl (C=O) groups excluding carboxylic acids is 1. The largest absolute Gasteiger partial charge is 0.459 e. The first-order valence-electron chi connectivity index (χ1n) is 5.36. The number of hydrogen-bond donors (Lipinski definition) is 0. The molecule has 0 saturated heterocycles. The van der Waals surface area contributed by atoms with Gasteiger partial charge in [-0.15, -0.1) is 0 Å². The average Bonchev–Trinajstić information content (AvgIpc) is 1.99. The van der Waals surface area contributed by atoms with E-state index in [-0.39, 0.29) is 22.9 Å². The molecule has 0 radical (unpaired) electrons. The predicted molar refractivity (Wildman–Crippen MR) is 63.6 cm³/mol. The second-order valence-corrected chi connectivity index (χ2v) is 6.14. The quantitative estimate of drug-likeness (QED) is 0.516. The molecule has 0 aromatic heterocycles. The van der Waals surface area contributed by atoms with E-state index < -0.39 is 0 Å². The Hall–Kier alpha value is -0.790. The lowest BCUT2D eigenvalue weighted by molar-refractivity contribution is -0.149. The Morgan fingerprint density at radius 2 is 1.53 bits per heavy atom. The summed E-state index contributed by atoms with van der Waals surface area (Å²) < 4.78 is 5.36. The molecule has 0 aliphatic heterocycles. The minimum Gasteiger partial charge on any atom is -0.459 e. The van der Waals surface area contributed by atoms with E-state index in [4.69, 9.17) is 4.74 Å². The van der Waals surface area contributed by atoms with Crippen LogP contribution in [0.1, 0.15) is 48.5 Å². The minimum absolute atomic E-state index is 0.0339. The van der Waals surface area contributed by atoms with Crippen molar-refractivity contribution in [3.05, 3.63) is 12.2 Å². The van der Waals surface area contributed by atoms with Crippen molar-refractivity contribution in [2.24, 2.45) is 10.8 Å². The third kappa shape index (κ3) is 4.50. The van der Waals surface area contributed by atoms with Gasteiger partial charge in [-0.25, -0.2) is 4.79 Å². The molecule has 0 saturated carbocycles. The molecular weight excluding hydrogens is 188 g/mol. The van der Waals surface area contributed by atoms with Crippen LogP contribution in [0.4, 0.5) is 0 Å². The summed E-state index contributed by atoms with van der Waals surface area (Å²) in [6.07, 6.45) is -0.107. The fourth-order valence-electron chi connectivity index (χ4n) is 0.715. The van der Waals surface area contributed by atoms with Crippen molar-refractivity contribution in [3.63, 3.8) is 0 Å². The van der Waals surface area contributed by atoms with E-state index >= 15 is 0 Å². The van der Waals surface area contributed by atoms with Crippen LogP contribution < -0.4 is 0 Å². The highest BCUT2D eigenvalue weighted by molar-refractivity contribution is 5.89. The van der Waals surface area contributed by atoms with Gasteiger partial charge in [-0.2, -0.15) is 0 Å². The zero-order chi connectivity index (χ0) is 12.4. The first kappa shape index (κ1) is 14.2. The first-order chi connectivity index (χ1) is 6.46. The van der Waals surface area contributed by atoms with Crippen molar-refractivity contribution in [1.29, 1.82) is 0 Å². The van der Waals surface area contributed by atoms with Gasteiger partial charge in [-0.3, -0.25) is 0 Å². The van der Waals surface area contributed by atoms with Crippen LogP contribution >= 0.6 is 0 Å². The van der Waals surface area contributed by atoms with E-state index in [2.05, 4.69) is 6.58 Å². The smallest absolute Gasteiger partial charge is 0.334 e. The van der Waals surface area contributed by atoms with Crippen LogP contribution in [-0.2, 0) is 9.53 Å². The molecule has 15 heavy (non-hydrogen) atoms. The van der Waals surface area contributed by atoms with E-state index in [1.165, 1.54) is 0 Å². The Labute approximate surface area is 93.7 Å². The molecule has 0 heterocycles. The van der Waals surface area contributed by atoms with Crippen molar-refractivity contribution < 1.29 is 9.53 Å². The monoisotopic (exact) mass is 212 g/mol. The molecule has 0 spiro atoms. The molecule has 0 aliphatic carbocycles. The Morgan fingerprint density at radius 1 is 1.13 bits per heavy atom. The van der Waals surface area contributed by atoms with Crippen molar-refractivity contribution >= 4 is 5.97 Å². The van der Waals surface area contributed by atoms with E-state index in [0.717, 1.165) is 0 Å². The number of esters is 1. The lowest BCUT2D eigenvalue weighted by atomic mass is 9.87. The molecule has 0 aromatic rings. The summed E-state index contributed by atoms with van der Waals surface area (Å²) in [5.74, 6) is -0.287. The maximum atomic E-state index is 11.7. The summed E-state index contributed by atoms with van der Waals surface area (Å²) in [6.45, 7) is 17.7. The summed E-state index contributed by atoms with van der Waals surface area (Å²) in [5, 5.41) is 0. The summed E-state index contributed by atoms with van der Waals surface area (Å²) >= 11 is 0. The second kappa shape index (κ2) is 4.38. The molecule has 0 amide bonds. The van der Waals surface area contributed by atoms with Crippen LogP contribution in [-0.4, -0.2) is 12.1 Å². The zero-order valence-electron chi connectivity index (χ0n) is 11.1. The summed E-state index contributed by atoms with van der Waals surface area (Å²) in [4.78, 5) is 11.7. The molecular formula is C13H24O2. The van der Waals surface area contributed by atoms with E-state index in [9.17, 15) is 4.79 Å². The van der Waals surface area contributed by atoms with E-state index in [1.54, 1.807) is 0 Å². The normalized spacial score (nSPS) is 14.6. The van der Waals surface area contributed by atoms with Gasteiger partial charge in [-0.05, 0) is 17.8 Å². The topological polar surface area (TPSA) is 26.3 Å². The molecule has 0 aromatic carbocycles. The zero-order valence-corrected chi connectivity index (χ0v) is 11.1. The maximum absolute atomic E-state index is 11.7. The second-order valence-electron chi connectivity index (χ2n) is 6.14. The lowest BCUT2D eigenvalue weighted by Gasteiger charge is -2.29. The van der Waals surface area contributed by atoms with Gasteiger partial charge >= 0.3 is 5.97 Å². The van der Waals surface area contributed by atoms with Crippen molar-refractivity contribution in [1.82, 2.24) is 0 Å². The average molecular weight is 212 g/mol. The van der Waals surface area contributed by atoms with Gasteiger partial charge in [0.15, 0.2) is 0 Å². The summed E-state index contributed by atoms with van der Waals surface area (Å²) in [7, 11) is 0. The van der Waals surface area contributed by atoms with Gasteiger partial charge < -0.3 is 4.74 Å². The minimum atomic E-state index is -0.287. The van der Waals surface area contributed by atoms with Crippen molar-refractivity contribution in [2.75, 3.05) is 0 Å². The molecule has 88 valence electrons. The summed E-state index contributed by atoms with van der Waals surface area (Å²) in [6, 6.07) is 0. The maximum Gasteiger partial charge on any atom is 0.334 e. The van der Waals surface area contributed by atoms with Crippen molar-refractivity contribution in [3.8, 4) is 0 Å². The number of hydrogen-bond acceptors (Lipinski definition) is 2. The van der Waals surface area contributed by atoms with Gasteiger partial charge in [0.1, 0.15) is 6.10 Å². The molecule has 0 bridgehead atoms. The number of rotatable bonds is 2. The van der Waals surface area contributed by atoms with Gasteiger partial charge in [0.25, 0.3) is 0 Å². The molecule has 1 unspecified atom stereocenters. The van der Waals surface area contributed by atoms with Gasteiger partial charge in [0.2, 0.25) is 0 Å². The van der Waals surface area contributed by atoms with Crippen LogP contribution in [0.2, 0.25) is 0 Å². The third-order valence-corrected chi connectivity index (χ3v) is 2.66.